The summed E-state index contributed by atoms with van der Waals surface area (Å²) in [7, 11) is 0. The number of imide groups is 1. The van der Waals surface area contributed by atoms with Crippen molar-refractivity contribution in [2.24, 2.45) is 0 Å². The fraction of sp³-hybridized carbons (Fsp3) is 0.294. The number of urea groups is 1. The Morgan fingerprint density at radius 2 is 2.04 bits per heavy atom. The fourth-order valence-corrected chi connectivity index (χ4v) is 3.28. The number of aromatic nitrogens is 1. The lowest BCUT2D eigenvalue weighted by molar-refractivity contribution is -0.134. The molecule has 1 aromatic heterocycles. The zero-order valence-corrected chi connectivity index (χ0v) is 14.3. The van der Waals surface area contributed by atoms with Crippen LogP contribution in [-0.4, -0.2) is 33.8 Å². The summed E-state index contributed by atoms with van der Waals surface area (Å²) in [5, 5.41) is 7.44. The number of carbonyl (C=O) groups is 3. The summed E-state index contributed by atoms with van der Waals surface area (Å²) in [5.74, 6) is -0.591. The van der Waals surface area contributed by atoms with Crippen LogP contribution in [0.2, 0.25) is 0 Å². The summed E-state index contributed by atoms with van der Waals surface area (Å²) in [6, 6.07) is 8.27. The smallest absolute Gasteiger partial charge is 0.322 e. The average molecular weight is 358 g/mol. The Morgan fingerprint density at radius 3 is 2.76 bits per heavy atom. The van der Waals surface area contributed by atoms with Crippen LogP contribution in [0, 0.1) is 0 Å². The van der Waals surface area contributed by atoms with Crippen molar-refractivity contribution >= 4 is 29.2 Å². The first-order chi connectivity index (χ1) is 12.1. The lowest BCUT2D eigenvalue weighted by Gasteiger charge is -2.26. The van der Waals surface area contributed by atoms with E-state index in [1.807, 2.05) is 35.7 Å². The summed E-state index contributed by atoms with van der Waals surface area (Å²) in [4.78, 5) is 42.0. The third kappa shape index (κ3) is 4.63. The van der Waals surface area contributed by atoms with E-state index < -0.39 is 12.1 Å². The van der Waals surface area contributed by atoms with Gasteiger partial charge in [0.25, 0.3) is 0 Å². The number of carbonyl (C=O) groups excluding carboxylic acids is 3. The summed E-state index contributed by atoms with van der Waals surface area (Å²) >= 11 is 1.47. The van der Waals surface area contributed by atoms with Gasteiger partial charge in [-0.15, -0.1) is 11.3 Å². The second-order valence-electron chi connectivity index (χ2n) is 5.72. The number of benzene rings is 1. The lowest BCUT2D eigenvalue weighted by atomic mass is 10.1. The molecule has 2 N–H and O–H groups in total. The van der Waals surface area contributed by atoms with Gasteiger partial charge in [0.15, 0.2) is 0 Å². The van der Waals surface area contributed by atoms with Gasteiger partial charge in [-0.1, -0.05) is 30.3 Å². The third-order valence-electron chi connectivity index (χ3n) is 3.85. The maximum Gasteiger partial charge on any atom is 0.322 e. The quantitative estimate of drug-likeness (QED) is 0.850. The topological polar surface area (TPSA) is 91.4 Å². The van der Waals surface area contributed by atoms with Gasteiger partial charge in [0.1, 0.15) is 11.0 Å². The molecule has 1 aromatic carbocycles. The van der Waals surface area contributed by atoms with Gasteiger partial charge in [0, 0.05) is 24.5 Å². The van der Waals surface area contributed by atoms with Crippen molar-refractivity contribution < 1.29 is 14.4 Å². The predicted molar refractivity (Wildman–Crippen MR) is 92.5 cm³/mol. The Morgan fingerprint density at radius 1 is 1.24 bits per heavy atom. The summed E-state index contributed by atoms with van der Waals surface area (Å²) in [6.07, 6.45) is 2.10. The minimum Gasteiger partial charge on any atom is -0.330 e. The first-order valence-corrected chi connectivity index (χ1v) is 8.81. The van der Waals surface area contributed by atoms with Gasteiger partial charge in [0.05, 0.1) is 6.54 Å². The molecular formula is C17H18N4O3S. The molecule has 4 amide bonds. The minimum atomic E-state index is -0.727. The highest BCUT2D eigenvalue weighted by Gasteiger charge is 2.30. The molecule has 0 bridgehead atoms. The molecule has 3 rings (SSSR count). The summed E-state index contributed by atoms with van der Waals surface area (Å²) in [6.45, 7) is 0.770. The van der Waals surface area contributed by atoms with E-state index >= 15 is 0 Å². The van der Waals surface area contributed by atoms with Crippen LogP contribution in [0.15, 0.2) is 41.9 Å². The molecule has 130 valence electrons. The van der Waals surface area contributed by atoms with E-state index in [0.29, 0.717) is 13.1 Å². The highest BCUT2D eigenvalue weighted by Crippen LogP contribution is 2.15. The van der Waals surface area contributed by atoms with E-state index in [1.54, 1.807) is 11.1 Å². The van der Waals surface area contributed by atoms with E-state index in [9.17, 15) is 14.4 Å². The molecule has 0 radical (unpaired) electrons. The highest BCUT2D eigenvalue weighted by molar-refractivity contribution is 7.09. The van der Waals surface area contributed by atoms with Crippen molar-refractivity contribution in [2.75, 3.05) is 0 Å². The predicted octanol–water partition coefficient (Wildman–Crippen LogP) is 1.66. The molecule has 0 aliphatic carbocycles. The monoisotopic (exact) mass is 358 g/mol. The molecule has 1 atom stereocenters. The van der Waals surface area contributed by atoms with Crippen molar-refractivity contribution in [3.05, 3.63) is 52.5 Å². The standard InChI is InChI=1S/C17H18N4O3S/c22-14-7-6-13(19-17(24)20-14)16(23)21(11-15-18-8-9-25-15)10-12-4-2-1-3-5-12/h1-5,8-9,13H,6-7,10-11H2,(H2,19,20,22,24). The molecule has 1 fully saturated rings. The number of thiazole rings is 1. The van der Waals surface area contributed by atoms with Gasteiger partial charge in [-0.25, -0.2) is 9.78 Å². The molecule has 1 aliphatic rings. The molecule has 2 aromatic rings. The number of rotatable bonds is 5. The number of hydrogen-bond acceptors (Lipinski definition) is 5. The average Bonchev–Trinajstić information content (AvgIpc) is 3.05. The first kappa shape index (κ1) is 17.1. The van der Waals surface area contributed by atoms with Crippen LogP contribution in [-0.2, 0) is 22.7 Å². The largest absolute Gasteiger partial charge is 0.330 e. The van der Waals surface area contributed by atoms with Gasteiger partial charge in [-0.05, 0) is 12.0 Å². The second-order valence-corrected chi connectivity index (χ2v) is 6.70. The Labute approximate surface area is 149 Å². The zero-order chi connectivity index (χ0) is 17.6. The number of amides is 4. The van der Waals surface area contributed by atoms with Crippen molar-refractivity contribution in [3.8, 4) is 0 Å². The Balaban J connectivity index is 1.78. The van der Waals surface area contributed by atoms with Crippen LogP contribution < -0.4 is 10.6 Å². The third-order valence-corrected chi connectivity index (χ3v) is 4.62. The maximum atomic E-state index is 13.0. The van der Waals surface area contributed by atoms with E-state index in [1.165, 1.54) is 11.3 Å². The molecular weight excluding hydrogens is 340 g/mol. The van der Waals surface area contributed by atoms with Crippen LogP contribution in [0.25, 0.3) is 0 Å². The number of nitrogens with one attached hydrogen (secondary N) is 2. The van der Waals surface area contributed by atoms with Crippen LogP contribution >= 0.6 is 11.3 Å². The van der Waals surface area contributed by atoms with E-state index in [2.05, 4.69) is 15.6 Å². The molecule has 1 saturated heterocycles. The molecule has 0 spiro atoms. The SMILES string of the molecule is O=C1CCC(C(=O)N(Cc2ccccc2)Cc2nccs2)NC(=O)N1. The molecule has 0 saturated carbocycles. The highest BCUT2D eigenvalue weighted by atomic mass is 32.1. The van der Waals surface area contributed by atoms with Crippen molar-refractivity contribution in [3.63, 3.8) is 0 Å². The Bertz CT molecular complexity index is 749. The molecule has 7 nitrogen and oxygen atoms in total. The van der Waals surface area contributed by atoms with Crippen LogP contribution in [0.5, 0.6) is 0 Å². The molecule has 8 heteroatoms. The summed E-state index contributed by atoms with van der Waals surface area (Å²) < 4.78 is 0. The molecule has 25 heavy (non-hydrogen) atoms. The van der Waals surface area contributed by atoms with Crippen LogP contribution in [0.3, 0.4) is 0 Å². The van der Waals surface area contributed by atoms with Crippen LogP contribution in [0.1, 0.15) is 23.4 Å². The maximum absolute atomic E-state index is 13.0. The van der Waals surface area contributed by atoms with Gasteiger partial charge in [-0.3, -0.25) is 14.9 Å². The van der Waals surface area contributed by atoms with Gasteiger partial charge in [0.2, 0.25) is 11.8 Å². The Kier molecular flexibility index (Phi) is 5.39. The number of hydrogen-bond donors (Lipinski definition) is 2. The minimum absolute atomic E-state index is 0.131. The second kappa shape index (κ2) is 7.89. The van der Waals surface area contributed by atoms with Gasteiger partial charge in [-0.2, -0.15) is 0 Å². The molecule has 2 heterocycles. The molecule has 1 aliphatic heterocycles. The van der Waals surface area contributed by atoms with Crippen molar-refractivity contribution in [1.82, 2.24) is 20.5 Å². The Hall–Kier alpha value is -2.74. The van der Waals surface area contributed by atoms with E-state index in [-0.39, 0.29) is 24.7 Å². The summed E-state index contributed by atoms with van der Waals surface area (Å²) in [5.41, 5.74) is 0.988. The lowest BCUT2D eigenvalue weighted by Crippen LogP contribution is -2.49. The van der Waals surface area contributed by atoms with Crippen molar-refractivity contribution in [2.45, 2.75) is 32.0 Å². The number of nitrogens with zero attached hydrogens (tertiary/aromatic N) is 2. The van der Waals surface area contributed by atoms with Gasteiger partial charge >= 0.3 is 6.03 Å². The van der Waals surface area contributed by atoms with Crippen LogP contribution in [0.4, 0.5) is 4.79 Å². The normalized spacial score (nSPS) is 17.4. The first-order valence-electron chi connectivity index (χ1n) is 7.93. The fourth-order valence-electron chi connectivity index (χ4n) is 2.65. The van der Waals surface area contributed by atoms with E-state index in [0.717, 1.165) is 10.6 Å². The van der Waals surface area contributed by atoms with Crippen molar-refractivity contribution in [1.29, 1.82) is 0 Å². The zero-order valence-electron chi connectivity index (χ0n) is 13.5. The molecule has 1 unspecified atom stereocenters. The van der Waals surface area contributed by atoms with Gasteiger partial charge < -0.3 is 10.2 Å². The van der Waals surface area contributed by atoms with E-state index in [4.69, 9.17) is 0 Å².